The summed E-state index contributed by atoms with van der Waals surface area (Å²) in [6.45, 7) is 4.59. The highest BCUT2D eigenvalue weighted by Gasteiger charge is 2.61. The Bertz CT molecular complexity index is 864. The van der Waals surface area contributed by atoms with E-state index in [4.69, 9.17) is 0 Å². The second-order valence-corrected chi connectivity index (χ2v) is 10.2. The van der Waals surface area contributed by atoms with Gasteiger partial charge in [0.1, 0.15) is 0 Å². The molecule has 3 fully saturated rings. The standard InChI is InChI=1S/C25H31NO3/c1-24-14-12-19-17(18(24)9-10-20(24)23(28)29)8-11-21-25(19,2)15-13-22(27)26(21)16-6-4-3-5-7-16/h3-7,13,15,17-21H,8-12,14H2,1-2H3,(H,28,29)/t17-,18-,19-,20+,21+,24-,25+/m0/s1. The highest BCUT2D eigenvalue weighted by molar-refractivity contribution is 6.03. The summed E-state index contributed by atoms with van der Waals surface area (Å²) in [7, 11) is 0. The molecule has 154 valence electrons. The van der Waals surface area contributed by atoms with Crippen LogP contribution in [0.2, 0.25) is 0 Å². The Hall–Kier alpha value is -2.10. The van der Waals surface area contributed by atoms with Crippen LogP contribution in [0.5, 0.6) is 0 Å². The molecular formula is C25H31NO3. The van der Waals surface area contributed by atoms with Crippen LogP contribution in [-0.2, 0) is 9.59 Å². The predicted molar refractivity (Wildman–Crippen MR) is 112 cm³/mol. The minimum absolute atomic E-state index is 0.0463. The van der Waals surface area contributed by atoms with Gasteiger partial charge in [-0.25, -0.2) is 0 Å². The molecular weight excluding hydrogens is 362 g/mol. The average molecular weight is 394 g/mol. The first-order chi connectivity index (χ1) is 13.9. The van der Waals surface area contributed by atoms with Crippen molar-refractivity contribution in [3.8, 4) is 0 Å². The van der Waals surface area contributed by atoms with Crippen molar-refractivity contribution in [2.45, 2.75) is 58.4 Å². The van der Waals surface area contributed by atoms with Crippen LogP contribution in [0.15, 0.2) is 42.5 Å². The van der Waals surface area contributed by atoms with Gasteiger partial charge in [0.15, 0.2) is 0 Å². The number of aliphatic carboxylic acids is 1. The predicted octanol–water partition coefficient (Wildman–Crippen LogP) is 4.90. The van der Waals surface area contributed by atoms with E-state index in [0.29, 0.717) is 17.8 Å². The van der Waals surface area contributed by atoms with Crippen molar-refractivity contribution in [3.05, 3.63) is 42.5 Å². The molecule has 7 atom stereocenters. The molecule has 5 rings (SSSR count). The van der Waals surface area contributed by atoms with Gasteiger partial charge in [-0.1, -0.05) is 38.1 Å². The van der Waals surface area contributed by atoms with Gasteiger partial charge in [0.2, 0.25) is 0 Å². The van der Waals surface area contributed by atoms with Crippen LogP contribution in [0.3, 0.4) is 0 Å². The number of hydrogen-bond acceptors (Lipinski definition) is 2. The Labute approximate surface area is 173 Å². The molecule has 3 saturated carbocycles. The van der Waals surface area contributed by atoms with Crippen molar-refractivity contribution >= 4 is 17.6 Å². The Morgan fingerprint density at radius 2 is 1.79 bits per heavy atom. The largest absolute Gasteiger partial charge is 0.481 e. The Morgan fingerprint density at radius 1 is 1.03 bits per heavy atom. The highest BCUT2D eigenvalue weighted by atomic mass is 16.4. The van der Waals surface area contributed by atoms with Gasteiger partial charge in [-0.15, -0.1) is 0 Å². The molecule has 0 saturated heterocycles. The molecule has 1 N–H and O–H groups in total. The number of carboxylic acids is 1. The molecule has 1 amide bonds. The van der Waals surface area contributed by atoms with Crippen LogP contribution >= 0.6 is 0 Å². The van der Waals surface area contributed by atoms with E-state index in [9.17, 15) is 14.7 Å². The van der Waals surface area contributed by atoms with Crippen LogP contribution in [-0.4, -0.2) is 23.0 Å². The van der Waals surface area contributed by atoms with E-state index in [0.717, 1.165) is 44.2 Å². The number of carbonyl (C=O) groups is 2. The third kappa shape index (κ3) is 2.57. The van der Waals surface area contributed by atoms with Crippen LogP contribution in [0, 0.1) is 34.5 Å². The van der Waals surface area contributed by atoms with E-state index in [1.165, 1.54) is 0 Å². The van der Waals surface area contributed by atoms with Gasteiger partial charge < -0.3 is 10.0 Å². The molecule has 4 heteroatoms. The van der Waals surface area contributed by atoms with Crippen molar-refractivity contribution in [2.24, 2.45) is 34.5 Å². The van der Waals surface area contributed by atoms with Crippen LogP contribution in [0.1, 0.15) is 52.4 Å². The van der Waals surface area contributed by atoms with Crippen LogP contribution in [0.4, 0.5) is 5.69 Å². The number of fused-ring (bicyclic) bond motifs is 5. The minimum Gasteiger partial charge on any atom is -0.481 e. The lowest BCUT2D eigenvalue weighted by atomic mass is 9.47. The average Bonchev–Trinajstić information content (AvgIpc) is 3.06. The maximum atomic E-state index is 12.9. The molecule has 4 aliphatic rings. The van der Waals surface area contributed by atoms with E-state index in [2.05, 4.69) is 19.9 Å². The summed E-state index contributed by atoms with van der Waals surface area (Å²) in [5.74, 6) is 0.869. The van der Waals surface area contributed by atoms with Crippen LogP contribution in [0.25, 0.3) is 0 Å². The number of carbonyl (C=O) groups excluding carboxylic acids is 1. The zero-order valence-electron chi connectivity index (χ0n) is 17.4. The lowest BCUT2D eigenvalue weighted by Gasteiger charge is -2.60. The van der Waals surface area contributed by atoms with E-state index in [1.807, 2.05) is 35.2 Å². The fourth-order valence-corrected chi connectivity index (χ4v) is 7.80. The molecule has 0 bridgehead atoms. The number of rotatable bonds is 2. The number of hydrogen-bond donors (Lipinski definition) is 1. The van der Waals surface area contributed by atoms with Gasteiger partial charge in [-0.05, 0) is 73.8 Å². The third-order valence-electron chi connectivity index (χ3n) is 9.19. The summed E-state index contributed by atoms with van der Waals surface area (Å²) in [5.41, 5.74) is 0.878. The van der Waals surface area contributed by atoms with Crippen molar-refractivity contribution in [1.82, 2.24) is 0 Å². The fourth-order valence-electron chi connectivity index (χ4n) is 7.80. The SMILES string of the molecule is C[C@]12C=CC(=O)N(c3ccccc3)[C@@H]1CC[C@@H]1[C@@H]2CC[C@]2(C)[C@@H](C(=O)O)CC[C@@H]12. The first kappa shape index (κ1) is 18.9. The molecule has 3 aliphatic carbocycles. The van der Waals surface area contributed by atoms with E-state index in [-0.39, 0.29) is 28.7 Å². The lowest BCUT2D eigenvalue weighted by molar-refractivity contribution is -0.149. The Morgan fingerprint density at radius 3 is 2.52 bits per heavy atom. The molecule has 4 nitrogen and oxygen atoms in total. The van der Waals surface area contributed by atoms with Gasteiger partial charge in [0.25, 0.3) is 5.91 Å². The first-order valence-corrected chi connectivity index (χ1v) is 11.2. The van der Waals surface area contributed by atoms with Crippen LogP contribution < -0.4 is 4.90 Å². The molecule has 29 heavy (non-hydrogen) atoms. The minimum atomic E-state index is -0.605. The quantitative estimate of drug-likeness (QED) is 0.777. The van der Waals surface area contributed by atoms with Gasteiger partial charge in [0, 0.05) is 23.2 Å². The molecule has 0 aromatic heterocycles. The fraction of sp³-hybridized carbons (Fsp3) is 0.600. The lowest BCUT2D eigenvalue weighted by Crippen LogP contribution is -2.61. The maximum Gasteiger partial charge on any atom is 0.307 e. The van der Waals surface area contributed by atoms with Gasteiger partial charge in [-0.2, -0.15) is 0 Å². The number of benzene rings is 1. The molecule has 1 aliphatic heterocycles. The third-order valence-corrected chi connectivity index (χ3v) is 9.19. The summed E-state index contributed by atoms with van der Waals surface area (Å²) in [6.07, 6.45) is 10.00. The second-order valence-electron chi connectivity index (χ2n) is 10.2. The van der Waals surface area contributed by atoms with Crippen molar-refractivity contribution in [1.29, 1.82) is 0 Å². The number of anilines is 1. The zero-order valence-corrected chi connectivity index (χ0v) is 17.4. The van der Waals surface area contributed by atoms with Crippen molar-refractivity contribution in [2.75, 3.05) is 4.90 Å². The molecule has 0 radical (unpaired) electrons. The summed E-state index contributed by atoms with van der Waals surface area (Å²) >= 11 is 0. The molecule has 0 unspecified atom stereocenters. The summed E-state index contributed by atoms with van der Waals surface area (Å²) in [6, 6.07) is 10.3. The molecule has 1 aromatic carbocycles. The number of amides is 1. The first-order valence-electron chi connectivity index (χ1n) is 11.2. The van der Waals surface area contributed by atoms with Gasteiger partial charge in [0.05, 0.1) is 5.92 Å². The molecule has 0 spiro atoms. The Kier molecular flexibility index (Phi) is 4.20. The smallest absolute Gasteiger partial charge is 0.307 e. The van der Waals surface area contributed by atoms with E-state index in [1.54, 1.807) is 6.08 Å². The number of para-hydroxylation sites is 1. The normalized spacial score (nSPS) is 43.4. The van der Waals surface area contributed by atoms with Gasteiger partial charge >= 0.3 is 5.97 Å². The topological polar surface area (TPSA) is 57.6 Å². The van der Waals surface area contributed by atoms with Gasteiger partial charge in [-0.3, -0.25) is 9.59 Å². The number of nitrogens with zero attached hydrogens (tertiary/aromatic N) is 1. The number of carboxylic acid groups (broad SMARTS) is 1. The summed E-state index contributed by atoms with van der Waals surface area (Å²) in [4.78, 5) is 26.8. The summed E-state index contributed by atoms with van der Waals surface area (Å²) in [5, 5.41) is 9.79. The molecule has 1 aromatic rings. The van der Waals surface area contributed by atoms with Crippen molar-refractivity contribution in [3.63, 3.8) is 0 Å². The Balaban J connectivity index is 1.50. The van der Waals surface area contributed by atoms with E-state index < -0.39 is 5.97 Å². The monoisotopic (exact) mass is 393 g/mol. The maximum absolute atomic E-state index is 12.9. The zero-order chi connectivity index (χ0) is 20.4. The van der Waals surface area contributed by atoms with E-state index >= 15 is 0 Å². The van der Waals surface area contributed by atoms with Crippen molar-refractivity contribution < 1.29 is 14.7 Å². The summed E-state index contributed by atoms with van der Waals surface area (Å²) < 4.78 is 0. The second kappa shape index (κ2) is 6.45. The highest BCUT2D eigenvalue weighted by Crippen LogP contribution is 2.65. The molecule has 1 heterocycles.